The second-order valence-corrected chi connectivity index (χ2v) is 7.14. The van der Waals surface area contributed by atoms with Crippen LogP contribution >= 0.6 is 11.3 Å². The van der Waals surface area contributed by atoms with Gasteiger partial charge in [-0.3, -0.25) is 4.79 Å². The Balaban J connectivity index is 1.54. The van der Waals surface area contributed by atoms with Gasteiger partial charge >= 0.3 is 0 Å². The third-order valence-electron chi connectivity index (χ3n) is 4.28. The van der Waals surface area contributed by atoms with Crippen molar-refractivity contribution in [2.75, 3.05) is 20.6 Å². The zero-order valence-corrected chi connectivity index (χ0v) is 14.9. The van der Waals surface area contributed by atoms with Gasteiger partial charge in [0.25, 0.3) is 0 Å². The summed E-state index contributed by atoms with van der Waals surface area (Å²) < 4.78 is 0. The number of likely N-dealkylation sites (N-methyl/N-ethyl adjacent to an activating group) is 1. The number of carbonyl (C=O) groups excluding carboxylic acids is 1. The quantitative estimate of drug-likeness (QED) is 0.690. The van der Waals surface area contributed by atoms with Crippen molar-refractivity contribution in [3.63, 3.8) is 0 Å². The molecule has 126 valence electrons. The molecule has 2 N–H and O–H groups in total. The molecule has 1 atom stereocenters. The van der Waals surface area contributed by atoms with Crippen molar-refractivity contribution in [3.8, 4) is 0 Å². The number of rotatable bonds is 7. The number of aromatic amines is 1. The van der Waals surface area contributed by atoms with Crippen LogP contribution in [0.5, 0.6) is 0 Å². The fourth-order valence-corrected chi connectivity index (χ4v) is 3.83. The Kier molecular flexibility index (Phi) is 5.33. The van der Waals surface area contributed by atoms with Crippen molar-refractivity contribution in [1.82, 2.24) is 15.2 Å². The number of para-hydroxylation sites is 1. The molecule has 0 saturated carbocycles. The zero-order valence-electron chi connectivity index (χ0n) is 14.1. The summed E-state index contributed by atoms with van der Waals surface area (Å²) in [5.41, 5.74) is 2.32. The normalized spacial score (nSPS) is 12.6. The summed E-state index contributed by atoms with van der Waals surface area (Å²) in [6.07, 6.45) is 3.26. The fraction of sp³-hybridized carbons (Fsp3) is 0.316. The van der Waals surface area contributed by atoms with Gasteiger partial charge in [0.2, 0.25) is 5.91 Å². The lowest BCUT2D eigenvalue weighted by atomic mass is 10.1. The Morgan fingerprint density at radius 1 is 1.25 bits per heavy atom. The van der Waals surface area contributed by atoms with E-state index in [4.69, 9.17) is 0 Å². The molecule has 0 aliphatic heterocycles. The second-order valence-electron chi connectivity index (χ2n) is 6.16. The topological polar surface area (TPSA) is 48.1 Å². The summed E-state index contributed by atoms with van der Waals surface area (Å²) >= 11 is 1.73. The molecule has 0 aliphatic carbocycles. The van der Waals surface area contributed by atoms with Crippen molar-refractivity contribution in [3.05, 3.63) is 58.4 Å². The first-order valence-corrected chi connectivity index (χ1v) is 9.04. The largest absolute Gasteiger partial charge is 0.361 e. The van der Waals surface area contributed by atoms with Gasteiger partial charge in [-0.25, -0.2) is 0 Å². The van der Waals surface area contributed by atoms with Crippen LogP contribution in [0.1, 0.15) is 22.9 Å². The minimum Gasteiger partial charge on any atom is -0.361 e. The summed E-state index contributed by atoms with van der Waals surface area (Å²) in [4.78, 5) is 18.9. The van der Waals surface area contributed by atoms with E-state index in [9.17, 15) is 4.79 Å². The summed E-state index contributed by atoms with van der Waals surface area (Å²) in [6.45, 7) is 0.639. The lowest BCUT2D eigenvalue weighted by Gasteiger charge is -2.23. The molecule has 2 heterocycles. The van der Waals surface area contributed by atoms with Crippen LogP contribution in [0.2, 0.25) is 0 Å². The number of nitrogens with one attached hydrogen (secondary N) is 2. The van der Waals surface area contributed by atoms with Crippen molar-refractivity contribution in [2.24, 2.45) is 0 Å². The molecule has 5 heteroatoms. The predicted molar refractivity (Wildman–Crippen MR) is 100 cm³/mol. The molecule has 3 aromatic rings. The molecular formula is C19H23N3OS. The summed E-state index contributed by atoms with van der Waals surface area (Å²) in [7, 11) is 4.09. The van der Waals surface area contributed by atoms with Gasteiger partial charge in [-0.2, -0.15) is 0 Å². The highest BCUT2D eigenvalue weighted by Crippen LogP contribution is 2.22. The lowest BCUT2D eigenvalue weighted by Crippen LogP contribution is -2.34. The van der Waals surface area contributed by atoms with Crippen LogP contribution < -0.4 is 5.32 Å². The van der Waals surface area contributed by atoms with Gasteiger partial charge < -0.3 is 15.2 Å². The number of nitrogens with zero attached hydrogens (tertiary/aromatic N) is 1. The van der Waals surface area contributed by atoms with E-state index in [0.717, 1.165) is 11.9 Å². The van der Waals surface area contributed by atoms with Gasteiger partial charge in [-0.15, -0.1) is 11.3 Å². The Morgan fingerprint density at radius 3 is 2.83 bits per heavy atom. The van der Waals surface area contributed by atoms with E-state index < -0.39 is 0 Å². The van der Waals surface area contributed by atoms with Crippen LogP contribution in [0.4, 0.5) is 0 Å². The van der Waals surface area contributed by atoms with Crippen LogP contribution in [0.3, 0.4) is 0 Å². The summed E-state index contributed by atoms with van der Waals surface area (Å²) in [5.74, 6) is 0.101. The van der Waals surface area contributed by atoms with E-state index in [1.807, 2.05) is 32.4 Å². The maximum atomic E-state index is 12.2. The molecule has 0 radical (unpaired) electrons. The summed E-state index contributed by atoms with van der Waals surface area (Å²) in [6, 6.07) is 12.6. The molecular weight excluding hydrogens is 318 g/mol. The van der Waals surface area contributed by atoms with E-state index in [1.165, 1.54) is 15.8 Å². The number of benzene rings is 1. The smallest absolute Gasteiger partial charge is 0.220 e. The number of H-pyrrole nitrogens is 1. The number of hydrogen-bond donors (Lipinski definition) is 2. The van der Waals surface area contributed by atoms with E-state index >= 15 is 0 Å². The molecule has 3 rings (SSSR count). The van der Waals surface area contributed by atoms with Crippen LogP contribution in [0.25, 0.3) is 10.9 Å². The van der Waals surface area contributed by atoms with Gasteiger partial charge in [0.05, 0.1) is 6.04 Å². The van der Waals surface area contributed by atoms with Crippen LogP contribution in [0.15, 0.2) is 48.0 Å². The van der Waals surface area contributed by atoms with Gasteiger partial charge in [-0.1, -0.05) is 24.3 Å². The van der Waals surface area contributed by atoms with Crippen LogP contribution in [-0.2, 0) is 11.2 Å². The first kappa shape index (κ1) is 16.7. The van der Waals surface area contributed by atoms with Gasteiger partial charge in [0, 0.05) is 34.9 Å². The first-order valence-electron chi connectivity index (χ1n) is 8.16. The van der Waals surface area contributed by atoms with Crippen molar-refractivity contribution in [2.45, 2.75) is 18.9 Å². The van der Waals surface area contributed by atoms with Gasteiger partial charge in [0.1, 0.15) is 0 Å². The molecule has 0 bridgehead atoms. The van der Waals surface area contributed by atoms with Gasteiger partial charge in [-0.05, 0) is 43.6 Å². The molecule has 0 aliphatic rings. The van der Waals surface area contributed by atoms with Crippen LogP contribution in [0, 0.1) is 0 Å². The molecule has 2 aromatic heterocycles. The fourth-order valence-electron chi connectivity index (χ4n) is 2.90. The van der Waals surface area contributed by atoms with Crippen molar-refractivity contribution in [1.29, 1.82) is 0 Å². The average molecular weight is 341 g/mol. The third-order valence-corrected chi connectivity index (χ3v) is 5.26. The van der Waals surface area contributed by atoms with Crippen molar-refractivity contribution >= 4 is 28.1 Å². The number of hydrogen-bond acceptors (Lipinski definition) is 3. The lowest BCUT2D eigenvalue weighted by molar-refractivity contribution is -0.121. The molecule has 0 fully saturated rings. The molecule has 4 nitrogen and oxygen atoms in total. The Morgan fingerprint density at radius 2 is 2.08 bits per heavy atom. The number of thiophene rings is 1. The Labute approximate surface area is 146 Å². The zero-order chi connectivity index (χ0) is 16.9. The molecule has 1 amide bonds. The Hall–Kier alpha value is -2.11. The maximum absolute atomic E-state index is 12.2. The minimum absolute atomic E-state index is 0.101. The number of fused-ring (bicyclic) bond motifs is 1. The molecule has 24 heavy (non-hydrogen) atoms. The molecule has 1 unspecified atom stereocenters. The highest BCUT2D eigenvalue weighted by atomic mass is 32.1. The maximum Gasteiger partial charge on any atom is 0.220 e. The number of aryl methyl sites for hydroxylation is 1. The molecule has 0 saturated heterocycles. The highest BCUT2D eigenvalue weighted by molar-refractivity contribution is 7.10. The summed E-state index contributed by atoms with van der Waals surface area (Å²) in [5, 5.41) is 6.36. The minimum atomic E-state index is 0.101. The van der Waals surface area contributed by atoms with Crippen LogP contribution in [-0.4, -0.2) is 36.4 Å². The average Bonchev–Trinajstić information content (AvgIpc) is 3.23. The number of amides is 1. The number of carbonyl (C=O) groups is 1. The third kappa shape index (κ3) is 3.86. The highest BCUT2D eigenvalue weighted by Gasteiger charge is 2.16. The number of aromatic nitrogens is 1. The predicted octanol–water partition coefficient (Wildman–Crippen LogP) is 3.58. The van der Waals surface area contributed by atoms with E-state index in [2.05, 4.69) is 44.8 Å². The standard InChI is InChI=1S/C19H23N3OS/c1-22(2)17(18-8-5-11-24-18)13-21-19(23)10-9-14-12-20-16-7-4-3-6-15(14)16/h3-8,11-12,17,20H,9-10,13H2,1-2H3,(H,21,23). The van der Waals surface area contributed by atoms with E-state index in [0.29, 0.717) is 13.0 Å². The second kappa shape index (κ2) is 7.64. The molecule has 0 spiro atoms. The van der Waals surface area contributed by atoms with Gasteiger partial charge in [0.15, 0.2) is 0 Å². The Bertz CT molecular complexity index is 792. The van der Waals surface area contributed by atoms with Crippen molar-refractivity contribution < 1.29 is 4.79 Å². The van der Waals surface area contributed by atoms with E-state index in [-0.39, 0.29) is 11.9 Å². The monoisotopic (exact) mass is 341 g/mol. The first-order chi connectivity index (χ1) is 11.6. The SMILES string of the molecule is CN(C)C(CNC(=O)CCc1c[nH]c2ccccc12)c1cccs1. The molecule has 1 aromatic carbocycles. The van der Waals surface area contributed by atoms with E-state index in [1.54, 1.807) is 11.3 Å².